The Morgan fingerprint density at radius 3 is 2.72 bits per heavy atom. The highest BCUT2D eigenvalue weighted by atomic mass is 32.1. The van der Waals surface area contributed by atoms with E-state index in [0.717, 1.165) is 48.1 Å². The number of nitrogens with zero attached hydrogens (tertiary/aromatic N) is 2. The third-order valence-electron chi connectivity index (χ3n) is 4.22. The van der Waals surface area contributed by atoms with E-state index in [0.29, 0.717) is 12.2 Å². The first-order valence-corrected chi connectivity index (χ1v) is 7.69. The van der Waals surface area contributed by atoms with Gasteiger partial charge >= 0.3 is 0 Å². The average molecular weight is 266 g/mol. The predicted molar refractivity (Wildman–Crippen MR) is 70.1 cm³/mol. The molecule has 2 aliphatic heterocycles. The molecule has 0 amide bonds. The fourth-order valence-corrected chi connectivity index (χ4v) is 4.44. The molecule has 3 aliphatic rings. The van der Waals surface area contributed by atoms with Gasteiger partial charge in [-0.05, 0) is 32.1 Å². The second-order valence-corrected chi connectivity index (χ2v) is 6.59. The van der Waals surface area contributed by atoms with Gasteiger partial charge in [-0.3, -0.25) is 0 Å². The van der Waals surface area contributed by atoms with E-state index in [1.54, 1.807) is 11.3 Å². The first-order chi connectivity index (χ1) is 8.79. The van der Waals surface area contributed by atoms with Crippen molar-refractivity contribution < 1.29 is 9.84 Å². The van der Waals surface area contributed by atoms with Crippen LogP contribution in [0.2, 0.25) is 0 Å². The van der Waals surface area contributed by atoms with Crippen molar-refractivity contribution in [2.24, 2.45) is 0 Å². The number of thiazole rings is 1. The number of anilines is 1. The fourth-order valence-electron chi connectivity index (χ4n) is 3.29. The summed E-state index contributed by atoms with van der Waals surface area (Å²) in [6, 6.07) is 0. The first kappa shape index (κ1) is 11.2. The lowest BCUT2D eigenvalue weighted by atomic mass is 10.0. The van der Waals surface area contributed by atoms with Crippen molar-refractivity contribution in [3.63, 3.8) is 0 Å². The van der Waals surface area contributed by atoms with E-state index in [9.17, 15) is 5.11 Å². The van der Waals surface area contributed by atoms with E-state index >= 15 is 0 Å². The van der Waals surface area contributed by atoms with E-state index < -0.39 is 0 Å². The van der Waals surface area contributed by atoms with Gasteiger partial charge in [0.05, 0.1) is 28.9 Å². The maximum atomic E-state index is 10.0. The SMILES string of the molecule is OC1CCCc2nc(N3CC4CCC(C3)O4)sc21. The third-order valence-corrected chi connectivity index (χ3v) is 5.48. The average Bonchev–Trinajstić information content (AvgIpc) is 2.94. The number of aliphatic hydroxyl groups excluding tert-OH is 1. The van der Waals surface area contributed by atoms with Crippen LogP contribution in [-0.4, -0.2) is 35.4 Å². The summed E-state index contributed by atoms with van der Waals surface area (Å²) < 4.78 is 5.86. The Balaban J connectivity index is 1.61. The van der Waals surface area contributed by atoms with Crippen molar-refractivity contribution >= 4 is 16.5 Å². The first-order valence-electron chi connectivity index (χ1n) is 6.87. The summed E-state index contributed by atoms with van der Waals surface area (Å²) in [7, 11) is 0. The zero-order valence-corrected chi connectivity index (χ0v) is 11.2. The number of ether oxygens (including phenoxy) is 1. The highest BCUT2D eigenvalue weighted by molar-refractivity contribution is 7.15. The van der Waals surface area contributed by atoms with Gasteiger partial charge in [-0.15, -0.1) is 0 Å². The molecule has 18 heavy (non-hydrogen) atoms. The molecule has 4 rings (SSSR count). The minimum Gasteiger partial charge on any atom is -0.388 e. The molecule has 0 radical (unpaired) electrons. The van der Waals surface area contributed by atoms with Gasteiger partial charge in [-0.2, -0.15) is 0 Å². The van der Waals surface area contributed by atoms with E-state index in [2.05, 4.69) is 4.90 Å². The number of aryl methyl sites for hydroxylation is 1. The van der Waals surface area contributed by atoms with Crippen LogP contribution in [0.1, 0.15) is 42.4 Å². The Morgan fingerprint density at radius 1 is 1.22 bits per heavy atom. The second-order valence-electron chi connectivity index (χ2n) is 5.58. The molecule has 0 spiro atoms. The molecule has 0 aromatic carbocycles. The summed E-state index contributed by atoms with van der Waals surface area (Å²) in [5.74, 6) is 0. The van der Waals surface area contributed by atoms with Crippen molar-refractivity contribution in [3.8, 4) is 0 Å². The van der Waals surface area contributed by atoms with Crippen LogP contribution in [0.25, 0.3) is 0 Å². The minimum absolute atomic E-state index is 0.280. The van der Waals surface area contributed by atoms with Crippen molar-refractivity contribution in [1.29, 1.82) is 0 Å². The van der Waals surface area contributed by atoms with Crippen molar-refractivity contribution in [2.75, 3.05) is 18.0 Å². The maximum Gasteiger partial charge on any atom is 0.186 e. The third kappa shape index (κ3) is 1.76. The van der Waals surface area contributed by atoms with Gasteiger partial charge in [0.25, 0.3) is 0 Å². The van der Waals surface area contributed by atoms with Crippen molar-refractivity contribution in [1.82, 2.24) is 4.98 Å². The molecule has 1 N–H and O–H groups in total. The molecule has 0 saturated carbocycles. The van der Waals surface area contributed by atoms with Gasteiger partial charge in [0.1, 0.15) is 0 Å². The van der Waals surface area contributed by atoms with E-state index in [1.807, 2.05) is 0 Å². The van der Waals surface area contributed by atoms with Crippen LogP contribution in [0.3, 0.4) is 0 Å². The number of aliphatic hydroxyl groups is 1. The Kier molecular flexibility index (Phi) is 2.60. The topological polar surface area (TPSA) is 45.6 Å². The van der Waals surface area contributed by atoms with E-state index in [-0.39, 0.29) is 6.10 Å². The summed E-state index contributed by atoms with van der Waals surface area (Å²) >= 11 is 1.69. The molecular weight excluding hydrogens is 248 g/mol. The summed E-state index contributed by atoms with van der Waals surface area (Å²) in [6.45, 7) is 1.94. The second kappa shape index (κ2) is 4.18. The molecule has 2 bridgehead atoms. The molecule has 4 nitrogen and oxygen atoms in total. The van der Waals surface area contributed by atoms with Crippen LogP contribution < -0.4 is 4.90 Å². The normalized spacial score (nSPS) is 34.7. The highest BCUT2D eigenvalue weighted by Crippen LogP contribution is 2.39. The number of fused-ring (bicyclic) bond motifs is 3. The van der Waals surface area contributed by atoms with E-state index in [4.69, 9.17) is 9.72 Å². The Labute approximate surface area is 111 Å². The molecule has 3 atom stereocenters. The summed E-state index contributed by atoms with van der Waals surface area (Å²) in [5.41, 5.74) is 1.13. The number of aromatic nitrogens is 1. The van der Waals surface area contributed by atoms with Crippen LogP contribution in [0.15, 0.2) is 0 Å². The van der Waals surface area contributed by atoms with Crippen molar-refractivity contribution in [3.05, 3.63) is 10.6 Å². The quantitative estimate of drug-likeness (QED) is 0.843. The lowest BCUT2D eigenvalue weighted by molar-refractivity contribution is 0.0305. The van der Waals surface area contributed by atoms with Gasteiger partial charge in [0, 0.05) is 13.1 Å². The molecule has 98 valence electrons. The lowest BCUT2D eigenvalue weighted by Gasteiger charge is -2.31. The maximum absolute atomic E-state index is 10.0. The molecule has 1 aliphatic carbocycles. The number of hydrogen-bond donors (Lipinski definition) is 1. The van der Waals surface area contributed by atoms with Gasteiger partial charge in [0.15, 0.2) is 5.13 Å². The number of hydrogen-bond acceptors (Lipinski definition) is 5. The smallest absolute Gasteiger partial charge is 0.186 e. The summed E-state index contributed by atoms with van der Waals surface area (Å²) in [5, 5.41) is 11.1. The zero-order valence-electron chi connectivity index (χ0n) is 10.3. The van der Waals surface area contributed by atoms with E-state index in [1.165, 1.54) is 12.8 Å². The Morgan fingerprint density at radius 2 is 2.00 bits per heavy atom. The zero-order chi connectivity index (χ0) is 12.1. The van der Waals surface area contributed by atoms with Gasteiger partial charge < -0.3 is 14.7 Å². The number of morpholine rings is 1. The fraction of sp³-hybridized carbons (Fsp3) is 0.769. The van der Waals surface area contributed by atoms with Gasteiger partial charge in [-0.25, -0.2) is 4.98 Å². The molecular formula is C13H18N2O2S. The van der Waals surface area contributed by atoms with Crippen LogP contribution in [-0.2, 0) is 11.2 Å². The van der Waals surface area contributed by atoms with Crippen LogP contribution >= 0.6 is 11.3 Å². The standard InChI is InChI=1S/C13H18N2O2S/c16-11-3-1-2-10-12(11)18-13(14-10)15-6-8-4-5-9(7-15)17-8/h8-9,11,16H,1-7H2. The summed E-state index contributed by atoms with van der Waals surface area (Å²) in [6.07, 6.45) is 5.88. The monoisotopic (exact) mass is 266 g/mol. The molecule has 5 heteroatoms. The van der Waals surface area contributed by atoms with Gasteiger partial charge in [-0.1, -0.05) is 11.3 Å². The Hall–Kier alpha value is -0.650. The predicted octanol–water partition coefficient (Wildman–Crippen LogP) is 1.88. The molecule has 1 aromatic rings. The Bertz CT molecular complexity index is 450. The van der Waals surface area contributed by atoms with Crippen molar-refractivity contribution in [2.45, 2.75) is 50.4 Å². The minimum atomic E-state index is -0.280. The molecule has 3 heterocycles. The highest BCUT2D eigenvalue weighted by Gasteiger charge is 2.35. The molecule has 2 fully saturated rings. The van der Waals surface area contributed by atoms with Crippen LogP contribution in [0, 0.1) is 0 Å². The van der Waals surface area contributed by atoms with Gasteiger partial charge in [0.2, 0.25) is 0 Å². The molecule has 3 unspecified atom stereocenters. The molecule has 2 saturated heterocycles. The van der Waals surface area contributed by atoms with Crippen LogP contribution in [0.5, 0.6) is 0 Å². The number of rotatable bonds is 1. The summed E-state index contributed by atoms with van der Waals surface area (Å²) in [4.78, 5) is 8.22. The lowest BCUT2D eigenvalue weighted by Crippen LogP contribution is -2.42. The van der Waals surface area contributed by atoms with Crippen LogP contribution in [0.4, 0.5) is 5.13 Å². The largest absolute Gasteiger partial charge is 0.388 e. The molecule has 1 aromatic heterocycles.